The number of ether oxygens (including phenoxy) is 1. The minimum absolute atomic E-state index is 0.145. The van der Waals surface area contributed by atoms with Crippen molar-refractivity contribution in [1.82, 2.24) is 10.6 Å². The smallest absolute Gasteiger partial charge is 0.223 e. The Bertz CT molecular complexity index is 218. The van der Waals surface area contributed by atoms with Gasteiger partial charge in [-0.05, 0) is 19.4 Å². The second kappa shape index (κ2) is 4.28. The second-order valence-corrected chi connectivity index (χ2v) is 4.08. The molecule has 0 radical (unpaired) electrons. The lowest BCUT2D eigenvalue weighted by Gasteiger charge is -2.40. The van der Waals surface area contributed by atoms with Gasteiger partial charge in [0.15, 0.2) is 0 Å². The Labute approximate surface area is 84.4 Å². The lowest BCUT2D eigenvalue weighted by Crippen LogP contribution is -2.51. The third kappa shape index (κ3) is 1.77. The molecule has 80 valence electrons. The molecule has 2 heterocycles. The van der Waals surface area contributed by atoms with Gasteiger partial charge in [-0.1, -0.05) is 0 Å². The SMILES string of the molecule is CNC(=O)[C@@H]1CCO[C@@H]2CCNC[C@H]21. The first-order valence-corrected chi connectivity index (χ1v) is 5.37. The van der Waals surface area contributed by atoms with Crippen molar-refractivity contribution in [2.75, 3.05) is 26.7 Å². The molecule has 0 unspecified atom stereocenters. The summed E-state index contributed by atoms with van der Waals surface area (Å²) in [6, 6.07) is 0. The molecule has 2 saturated heterocycles. The maximum Gasteiger partial charge on any atom is 0.223 e. The molecule has 0 bridgehead atoms. The molecule has 1 amide bonds. The lowest BCUT2D eigenvalue weighted by atomic mass is 9.79. The van der Waals surface area contributed by atoms with E-state index in [0.29, 0.717) is 12.0 Å². The summed E-state index contributed by atoms with van der Waals surface area (Å²) in [7, 11) is 1.71. The lowest BCUT2D eigenvalue weighted by molar-refractivity contribution is -0.137. The summed E-state index contributed by atoms with van der Waals surface area (Å²) in [5.74, 6) is 0.691. The van der Waals surface area contributed by atoms with Crippen LogP contribution >= 0.6 is 0 Å². The highest BCUT2D eigenvalue weighted by Crippen LogP contribution is 2.30. The van der Waals surface area contributed by atoms with Crippen LogP contribution in [0.3, 0.4) is 0 Å². The molecule has 4 nitrogen and oxygen atoms in total. The van der Waals surface area contributed by atoms with Crippen molar-refractivity contribution < 1.29 is 9.53 Å². The van der Waals surface area contributed by atoms with Crippen LogP contribution in [0.4, 0.5) is 0 Å². The van der Waals surface area contributed by atoms with Crippen LogP contribution in [-0.2, 0) is 9.53 Å². The summed E-state index contributed by atoms with van der Waals surface area (Å²) in [4.78, 5) is 11.6. The van der Waals surface area contributed by atoms with E-state index >= 15 is 0 Å². The molecular formula is C10H18N2O2. The minimum Gasteiger partial charge on any atom is -0.378 e. The van der Waals surface area contributed by atoms with Crippen LogP contribution in [0.5, 0.6) is 0 Å². The molecule has 2 fully saturated rings. The number of rotatable bonds is 1. The topological polar surface area (TPSA) is 50.4 Å². The predicted octanol–water partition coefficient (Wildman–Crippen LogP) is -0.253. The predicted molar refractivity (Wildman–Crippen MR) is 52.9 cm³/mol. The van der Waals surface area contributed by atoms with E-state index in [-0.39, 0.29) is 11.8 Å². The van der Waals surface area contributed by atoms with Crippen molar-refractivity contribution in [3.8, 4) is 0 Å². The Morgan fingerprint density at radius 1 is 1.50 bits per heavy atom. The summed E-state index contributed by atoms with van der Waals surface area (Å²) in [5, 5.41) is 6.08. The molecular weight excluding hydrogens is 180 g/mol. The van der Waals surface area contributed by atoms with Gasteiger partial charge in [0.2, 0.25) is 5.91 Å². The van der Waals surface area contributed by atoms with Crippen LogP contribution in [0.2, 0.25) is 0 Å². The quantitative estimate of drug-likeness (QED) is 0.610. The third-order valence-corrected chi connectivity index (χ3v) is 3.32. The zero-order valence-electron chi connectivity index (χ0n) is 8.58. The molecule has 3 atom stereocenters. The van der Waals surface area contributed by atoms with Gasteiger partial charge in [-0.3, -0.25) is 4.79 Å². The standard InChI is InChI=1S/C10H18N2O2/c1-11-10(13)7-3-5-14-9-2-4-12-6-8(7)9/h7-9,12H,2-6H2,1H3,(H,11,13)/t7-,8+,9-/m1/s1. The van der Waals surface area contributed by atoms with Crippen LogP contribution in [0.15, 0.2) is 0 Å². The van der Waals surface area contributed by atoms with Gasteiger partial charge >= 0.3 is 0 Å². The minimum atomic E-state index is 0.145. The largest absolute Gasteiger partial charge is 0.378 e. The number of carbonyl (C=O) groups excluding carboxylic acids is 1. The fraction of sp³-hybridized carbons (Fsp3) is 0.900. The fourth-order valence-corrected chi connectivity index (χ4v) is 2.54. The van der Waals surface area contributed by atoms with Gasteiger partial charge in [0, 0.05) is 32.0 Å². The second-order valence-electron chi connectivity index (χ2n) is 4.08. The summed E-state index contributed by atoms with van der Waals surface area (Å²) in [5.41, 5.74) is 0. The van der Waals surface area contributed by atoms with E-state index in [0.717, 1.165) is 32.5 Å². The van der Waals surface area contributed by atoms with Crippen LogP contribution < -0.4 is 10.6 Å². The van der Waals surface area contributed by atoms with Gasteiger partial charge in [0.1, 0.15) is 0 Å². The number of nitrogens with one attached hydrogen (secondary N) is 2. The first-order chi connectivity index (χ1) is 6.83. The Balaban J connectivity index is 2.04. The first kappa shape index (κ1) is 9.93. The van der Waals surface area contributed by atoms with Crippen LogP contribution in [0.1, 0.15) is 12.8 Å². The summed E-state index contributed by atoms with van der Waals surface area (Å²) < 4.78 is 5.69. The Kier molecular flexibility index (Phi) is 3.03. The molecule has 0 aromatic carbocycles. The van der Waals surface area contributed by atoms with E-state index in [9.17, 15) is 4.79 Å². The molecule has 0 saturated carbocycles. The Hall–Kier alpha value is -0.610. The molecule has 0 aliphatic carbocycles. The summed E-state index contributed by atoms with van der Waals surface area (Å²) in [6.45, 7) is 2.67. The highest BCUT2D eigenvalue weighted by molar-refractivity contribution is 5.78. The van der Waals surface area contributed by atoms with Crippen molar-refractivity contribution in [1.29, 1.82) is 0 Å². The summed E-state index contributed by atoms with van der Waals surface area (Å²) in [6.07, 6.45) is 2.20. The zero-order valence-corrected chi connectivity index (χ0v) is 8.58. The average molecular weight is 198 g/mol. The van der Waals surface area contributed by atoms with Gasteiger partial charge in [-0.2, -0.15) is 0 Å². The van der Waals surface area contributed by atoms with Crippen molar-refractivity contribution in [2.24, 2.45) is 11.8 Å². The number of hydrogen-bond donors (Lipinski definition) is 2. The maximum absolute atomic E-state index is 11.6. The van der Waals surface area contributed by atoms with Crippen molar-refractivity contribution in [3.05, 3.63) is 0 Å². The van der Waals surface area contributed by atoms with E-state index in [1.807, 2.05) is 0 Å². The Morgan fingerprint density at radius 2 is 2.36 bits per heavy atom. The van der Waals surface area contributed by atoms with E-state index in [4.69, 9.17) is 4.74 Å². The maximum atomic E-state index is 11.6. The van der Waals surface area contributed by atoms with Gasteiger partial charge < -0.3 is 15.4 Å². The normalized spacial score (nSPS) is 37.4. The molecule has 2 aliphatic heterocycles. The molecule has 2 N–H and O–H groups in total. The number of amides is 1. The fourth-order valence-electron chi connectivity index (χ4n) is 2.54. The highest BCUT2D eigenvalue weighted by Gasteiger charge is 2.38. The van der Waals surface area contributed by atoms with Gasteiger partial charge in [-0.25, -0.2) is 0 Å². The average Bonchev–Trinajstić information content (AvgIpc) is 2.27. The number of carbonyl (C=O) groups is 1. The molecule has 0 aromatic heterocycles. The van der Waals surface area contributed by atoms with Crippen molar-refractivity contribution in [3.63, 3.8) is 0 Å². The molecule has 0 spiro atoms. The van der Waals surface area contributed by atoms with Gasteiger partial charge in [-0.15, -0.1) is 0 Å². The van der Waals surface area contributed by atoms with E-state index < -0.39 is 0 Å². The van der Waals surface area contributed by atoms with Crippen molar-refractivity contribution >= 4 is 5.91 Å². The number of piperidine rings is 1. The zero-order chi connectivity index (χ0) is 9.97. The molecule has 14 heavy (non-hydrogen) atoms. The molecule has 2 rings (SSSR count). The monoisotopic (exact) mass is 198 g/mol. The first-order valence-electron chi connectivity index (χ1n) is 5.37. The van der Waals surface area contributed by atoms with E-state index in [2.05, 4.69) is 10.6 Å². The molecule has 2 aliphatic rings. The van der Waals surface area contributed by atoms with Crippen LogP contribution in [0.25, 0.3) is 0 Å². The third-order valence-electron chi connectivity index (χ3n) is 3.32. The number of fused-ring (bicyclic) bond motifs is 1. The van der Waals surface area contributed by atoms with Crippen molar-refractivity contribution in [2.45, 2.75) is 18.9 Å². The highest BCUT2D eigenvalue weighted by atomic mass is 16.5. The molecule has 4 heteroatoms. The van der Waals surface area contributed by atoms with E-state index in [1.54, 1.807) is 7.05 Å². The van der Waals surface area contributed by atoms with E-state index in [1.165, 1.54) is 0 Å². The Morgan fingerprint density at radius 3 is 3.14 bits per heavy atom. The van der Waals surface area contributed by atoms with Gasteiger partial charge in [0.05, 0.1) is 6.10 Å². The van der Waals surface area contributed by atoms with Gasteiger partial charge in [0.25, 0.3) is 0 Å². The number of hydrogen-bond acceptors (Lipinski definition) is 3. The molecule has 0 aromatic rings. The van der Waals surface area contributed by atoms with Crippen LogP contribution in [0, 0.1) is 11.8 Å². The van der Waals surface area contributed by atoms with Crippen LogP contribution in [-0.4, -0.2) is 38.8 Å². The summed E-state index contributed by atoms with van der Waals surface area (Å²) >= 11 is 0.